The Hall–Kier alpha value is -0.340. The Kier molecular flexibility index (Phi) is 3.76. The zero-order valence-electron chi connectivity index (χ0n) is 6.23. The van der Waals surface area contributed by atoms with E-state index >= 15 is 0 Å². The standard InChI is InChI=1S/C9H7BrClF/c10-5-1-2-7-6-8(11)3-4-9(7)12/h1-4,6H,5H2/b2-1+. The molecule has 0 bridgehead atoms. The Morgan fingerprint density at radius 3 is 2.92 bits per heavy atom. The van der Waals surface area contributed by atoms with E-state index in [1.54, 1.807) is 12.1 Å². The van der Waals surface area contributed by atoms with E-state index in [1.165, 1.54) is 12.1 Å². The molecule has 0 nitrogen and oxygen atoms in total. The van der Waals surface area contributed by atoms with Gasteiger partial charge in [0.05, 0.1) is 0 Å². The van der Waals surface area contributed by atoms with Crippen molar-refractivity contribution in [1.29, 1.82) is 0 Å². The van der Waals surface area contributed by atoms with Gasteiger partial charge in [0.15, 0.2) is 0 Å². The summed E-state index contributed by atoms with van der Waals surface area (Å²) < 4.78 is 13.0. The molecule has 0 atom stereocenters. The molecule has 0 radical (unpaired) electrons. The summed E-state index contributed by atoms with van der Waals surface area (Å²) in [5.41, 5.74) is 0.516. The van der Waals surface area contributed by atoms with Gasteiger partial charge in [-0.3, -0.25) is 0 Å². The fourth-order valence-corrected chi connectivity index (χ4v) is 1.18. The van der Waals surface area contributed by atoms with Crippen LogP contribution in [0.25, 0.3) is 6.08 Å². The van der Waals surface area contributed by atoms with E-state index < -0.39 is 0 Å². The molecule has 0 spiro atoms. The third-order valence-electron chi connectivity index (χ3n) is 1.34. The summed E-state index contributed by atoms with van der Waals surface area (Å²) in [6, 6.07) is 4.48. The van der Waals surface area contributed by atoms with Gasteiger partial charge in [-0.25, -0.2) is 4.39 Å². The van der Waals surface area contributed by atoms with Crippen LogP contribution >= 0.6 is 27.5 Å². The van der Waals surface area contributed by atoms with Gasteiger partial charge in [-0.15, -0.1) is 0 Å². The van der Waals surface area contributed by atoms with Crippen LogP contribution in [-0.4, -0.2) is 5.33 Å². The number of rotatable bonds is 2. The highest BCUT2D eigenvalue weighted by atomic mass is 79.9. The van der Waals surface area contributed by atoms with Gasteiger partial charge < -0.3 is 0 Å². The molecule has 0 saturated heterocycles. The summed E-state index contributed by atoms with van der Waals surface area (Å²) in [4.78, 5) is 0. The highest BCUT2D eigenvalue weighted by Crippen LogP contribution is 2.15. The minimum Gasteiger partial charge on any atom is -0.206 e. The second-order valence-electron chi connectivity index (χ2n) is 2.22. The second-order valence-corrected chi connectivity index (χ2v) is 3.31. The largest absolute Gasteiger partial charge is 0.206 e. The van der Waals surface area contributed by atoms with Gasteiger partial charge in [0.2, 0.25) is 0 Å². The average molecular weight is 250 g/mol. The lowest BCUT2D eigenvalue weighted by atomic mass is 10.2. The third kappa shape index (κ3) is 2.61. The number of allylic oxidation sites excluding steroid dienone is 1. The predicted molar refractivity (Wildman–Crippen MR) is 54.2 cm³/mol. The smallest absolute Gasteiger partial charge is 0.130 e. The number of hydrogen-bond donors (Lipinski definition) is 0. The quantitative estimate of drug-likeness (QED) is 0.698. The Morgan fingerprint density at radius 1 is 1.50 bits per heavy atom. The number of hydrogen-bond acceptors (Lipinski definition) is 0. The Bertz CT molecular complexity index is 297. The third-order valence-corrected chi connectivity index (χ3v) is 1.95. The Balaban J connectivity index is 2.97. The maximum Gasteiger partial charge on any atom is 0.130 e. The van der Waals surface area contributed by atoms with E-state index in [2.05, 4.69) is 15.9 Å². The van der Waals surface area contributed by atoms with Crippen molar-refractivity contribution in [2.75, 3.05) is 5.33 Å². The van der Waals surface area contributed by atoms with Gasteiger partial charge >= 0.3 is 0 Å². The Morgan fingerprint density at radius 2 is 2.25 bits per heavy atom. The molecule has 0 aliphatic rings. The molecule has 0 amide bonds. The minimum atomic E-state index is -0.253. The summed E-state index contributed by atoms with van der Waals surface area (Å²) in [6.07, 6.45) is 3.50. The first-order valence-electron chi connectivity index (χ1n) is 3.41. The van der Waals surface area contributed by atoms with Gasteiger partial charge in [-0.05, 0) is 18.2 Å². The molecule has 0 N–H and O–H groups in total. The van der Waals surface area contributed by atoms with E-state index in [0.717, 1.165) is 0 Å². The van der Waals surface area contributed by atoms with Crippen molar-refractivity contribution >= 4 is 33.6 Å². The van der Waals surface area contributed by atoms with E-state index in [9.17, 15) is 4.39 Å². The molecule has 0 aliphatic carbocycles. The normalized spacial score (nSPS) is 10.9. The van der Waals surface area contributed by atoms with Crippen molar-refractivity contribution in [2.24, 2.45) is 0 Å². The molecule has 0 fully saturated rings. The molecular weight excluding hydrogens is 242 g/mol. The molecule has 3 heteroatoms. The maximum absolute atomic E-state index is 13.0. The van der Waals surface area contributed by atoms with Gasteiger partial charge in [0, 0.05) is 15.9 Å². The van der Waals surface area contributed by atoms with E-state index in [1.807, 2.05) is 6.08 Å². The summed E-state index contributed by atoms with van der Waals surface area (Å²) >= 11 is 8.89. The van der Waals surface area contributed by atoms with Crippen LogP contribution in [0.5, 0.6) is 0 Å². The first kappa shape index (κ1) is 9.75. The van der Waals surface area contributed by atoms with Crippen LogP contribution in [0, 0.1) is 5.82 Å². The van der Waals surface area contributed by atoms with Crippen LogP contribution in [0.2, 0.25) is 5.02 Å². The molecule has 1 aromatic carbocycles. The van der Waals surface area contributed by atoms with Crippen LogP contribution in [0.15, 0.2) is 24.3 Å². The van der Waals surface area contributed by atoms with Crippen molar-refractivity contribution in [1.82, 2.24) is 0 Å². The van der Waals surface area contributed by atoms with E-state index in [-0.39, 0.29) is 5.82 Å². The van der Waals surface area contributed by atoms with Gasteiger partial charge in [-0.1, -0.05) is 39.7 Å². The Labute approximate surface area is 84.2 Å². The van der Waals surface area contributed by atoms with Crippen molar-refractivity contribution in [2.45, 2.75) is 0 Å². The lowest BCUT2D eigenvalue weighted by molar-refractivity contribution is 0.625. The SMILES string of the molecule is Fc1ccc(Cl)cc1/C=C/CBr. The lowest BCUT2D eigenvalue weighted by Crippen LogP contribution is -1.80. The van der Waals surface area contributed by atoms with Crippen LogP contribution in [0.1, 0.15) is 5.56 Å². The topological polar surface area (TPSA) is 0 Å². The number of alkyl halides is 1. The summed E-state index contributed by atoms with van der Waals surface area (Å²) in [6.45, 7) is 0. The zero-order valence-corrected chi connectivity index (χ0v) is 8.57. The maximum atomic E-state index is 13.0. The molecule has 0 saturated carbocycles. The van der Waals surface area contributed by atoms with Crippen LogP contribution in [0.3, 0.4) is 0 Å². The molecule has 64 valence electrons. The van der Waals surface area contributed by atoms with Gasteiger partial charge in [0.1, 0.15) is 5.82 Å². The highest BCUT2D eigenvalue weighted by molar-refractivity contribution is 9.09. The monoisotopic (exact) mass is 248 g/mol. The molecule has 0 aliphatic heterocycles. The van der Waals surface area contributed by atoms with Crippen molar-refractivity contribution < 1.29 is 4.39 Å². The van der Waals surface area contributed by atoms with Crippen LogP contribution in [-0.2, 0) is 0 Å². The first-order chi connectivity index (χ1) is 5.74. The van der Waals surface area contributed by atoms with E-state index in [0.29, 0.717) is 15.9 Å². The summed E-state index contributed by atoms with van der Waals surface area (Å²) in [7, 11) is 0. The van der Waals surface area contributed by atoms with Crippen molar-refractivity contribution in [3.05, 3.63) is 40.7 Å². The predicted octanol–water partition coefficient (Wildman–Crippen LogP) is 3.89. The van der Waals surface area contributed by atoms with Gasteiger partial charge in [-0.2, -0.15) is 0 Å². The first-order valence-corrected chi connectivity index (χ1v) is 4.91. The summed E-state index contributed by atoms with van der Waals surface area (Å²) in [5.74, 6) is -0.253. The molecule has 1 rings (SSSR count). The van der Waals surface area contributed by atoms with Gasteiger partial charge in [0.25, 0.3) is 0 Å². The zero-order chi connectivity index (χ0) is 8.97. The van der Waals surface area contributed by atoms with E-state index in [4.69, 9.17) is 11.6 Å². The fraction of sp³-hybridized carbons (Fsp3) is 0.111. The number of benzene rings is 1. The molecule has 1 aromatic rings. The fourth-order valence-electron chi connectivity index (χ4n) is 0.814. The highest BCUT2D eigenvalue weighted by Gasteiger charge is 1.97. The summed E-state index contributed by atoms with van der Waals surface area (Å²) in [5, 5.41) is 1.25. The van der Waals surface area contributed by atoms with Crippen LogP contribution < -0.4 is 0 Å². The van der Waals surface area contributed by atoms with Crippen LogP contribution in [0.4, 0.5) is 4.39 Å². The minimum absolute atomic E-state index is 0.253. The molecule has 12 heavy (non-hydrogen) atoms. The average Bonchev–Trinajstić information content (AvgIpc) is 2.07. The molecule has 0 unspecified atom stereocenters. The number of halogens is 3. The molecule has 0 heterocycles. The molecule has 0 aromatic heterocycles. The second kappa shape index (κ2) is 4.63. The van der Waals surface area contributed by atoms with Crippen molar-refractivity contribution in [3.8, 4) is 0 Å². The van der Waals surface area contributed by atoms with Crippen molar-refractivity contribution in [3.63, 3.8) is 0 Å². The lowest BCUT2D eigenvalue weighted by Gasteiger charge is -1.96. The molecular formula is C9H7BrClF.